The lowest BCUT2D eigenvalue weighted by Gasteiger charge is -2.39. The van der Waals surface area contributed by atoms with Crippen molar-refractivity contribution in [1.82, 2.24) is 9.47 Å². The van der Waals surface area contributed by atoms with E-state index in [9.17, 15) is 9.18 Å². The van der Waals surface area contributed by atoms with Crippen LogP contribution in [0.4, 0.5) is 4.39 Å². The van der Waals surface area contributed by atoms with E-state index < -0.39 is 5.41 Å². The van der Waals surface area contributed by atoms with E-state index in [1.165, 1.54) is 23.3 Å². The van der Waals surface area contributed by atoms with E-state index in [0.29, 0.717) is 0 Å². The molecule has 1 atom stereocenters. The molecule has 1 fully saturated rings. The molecule has 0 spiro atoms. The van der Waals surface area contributed by atoms with E-state index in [4.69, 9.17) is 0 Å². The first kappa shape index (κ1) is 18.4. The van der Waals surface area contributed by atoms with Gasteiger partial charge in [-0.15, -0.1) is 0 Å². The fourth-order valence-electron chi connectivity index (χ4n) is 5.39. The SMILES string of the molecule is CN(C(=O)C1(c2ccc(F)cc2)CCCC1)[C@@H]1CCc2[c]c3ccccc3n2C1. The standard InChI is InChI=1S/C25H26FN2O/c1-27(22-13-12-21-16-18-6-2-3-7-23(18)28(21)17-22)24(29)25(14-4-5-15-25)19-8-10-20(26)11-9-19/h2-3,6-11,22H,4-5,12-15,17H2,1H3/t22-/m1/s1. The Morgan fingerprint density at radius 3 is 2.62 bits per heavy atom. The van der Waals surface area contributed by atoms with Crippen LogP contribution in [0.5, 0.6) is 0 Å². The molecule has 2 heterocycles. The molecule has 149 valence electrons. The molecule has 5 rings (SSSR count). The maximum absolute atomic E-state index is 13.8. The highest BCUT2D eigenvalue weighted by Gasteiger charge is 2.45. The van der Waals surface area contributed by atoms with Crippen LogP contribution in [0.3, 0.4) is 0 Å². The van der Waals surface area contributed by atoms with Gasteiger partial charge in [0.05, 0.1) is 5.41 Å². The van der Waals surface area contributed by atoms with Crippen molar-refractivity contribution < 1.29 is 9.18 Å². The number of carbonyl (C=O) groups is 1. The molecule has 0 saturated heterocycles. The molecule has 1 radical (unpaired) electrons. The zero-order valence-corrected chi connectivity index (χ0v) is 16.8. The number of likely N-dealkylation sites (N-methyl/N-ethyl adjacent to an activating group) is 1. The van der Waals surface area contributed by atoms with E-state index in [0.717, 1.165) is 56.0 Å². The summed E-state index contributed by atoms with van der Waals surface area (Å²) in [6.07, 6.45) is 5.67. The molecule has 2 aromatic carbocycles. The second-order valence-corrected chi connectivity index (χ2v) is 8.60. The van der Waals surface area contributed by atoms with Crippen LogP contribution in [-0.2, 0) is 23.2 Å². The highest BCUT2D eigenvalue weighted by Crippen LogP contribution is 2.43. The van der Waals surface area contributed by atoms with Crippen molar-refractivity contribution in [2.75, 3.05) is 7.05 Å². The molecule has 4 heteroatoms. The van der Waals surface area contributed by atoms with Crippen molar-refractivity contribution in [2.24, 2.45) is 0 Å². The fourth-order valence-corrected chi connectivity index (χ4v) is 5.39. The highest BCUT2D eigenvalue weighted by atomic mass is 19.1. The lowest BCUT2D eigenvalue weighted by atomic mass is 9.77. The predicted octanol–water partition coefficient (Wildman–Crippen LogP) is 4.87. The molecular weight excluding hydrogens is 363 g/mol. The normalized spacial score (nSPS) is 20.6. The monoisotopic (exact) mass is 389 g/mol. The van der Waals surface area contributed by atoms with Crippen molar-refractivity contribution in [1.29, 1.82) is 0 Å². The molecule has 2 aliphatic rings. The second kappa shape index (κ2) is 7.01. The van der Waals surface area contributed by atoms with Crippen LogP contribution < -0.4 is 0 Å². The predicted molar refractivity (Wildman–Crippen MR) is 112 cm³/mol. The average Bonchev–Trinajstić information content (AvgIpc) is 3.38. The first-order valence-electron chi connectivity index (χ1n) is 10.6. The van der Waals surface area contributed by atoms with Crippen LogP contribution in [0.15, 0.2) is 48.5 Å². The van der Waals surface area contributed by atoms with Crippen molar-refractivity contribution in [3.8, 4) is 0 Å². The number of aromatic nitrogens is 1. The molecule has 3 aromatic rings. The quantitative estimate of drug-likeness (QED) is 0.628. The van der Waals surface area contributed by atoms with E-state index >= 15 is 0 Å². The Hall–Kier alpha value is -2.62. The number of carbonyl (C=O) groups excluding carboxylic acids is 1. The Morgan fingerprint density at radius 1 is 1.14 bits per heavy atom. The number of rotatable bonds is 3. The summed E-state index contributed by atoms with van der Waals surface area (Å²) in [5.74, 6) is -0.0613. The summed E-state index contributed by atoms with van der Waals surface area (Å²) < 4.78 is 15.8. The van der Waals surface area contributed by atoms with Crippen LogP contribution in [0.25, 0.3) is 10.9 Å². The summed E-state index contributed by atoms with van der Waals surface area (Å²) >= 11 is 0. The Kier molecular flexibility index (Phi) is 4.45. The number of para-hydroxylation sites is 1. The number of halogens is 1. The third-order valence-corrected chi connectivity index (χ3v) is 7.04. The second-order valence-electron chi connectivity index (χ2n) is 8.60. The number of hydrogen-bond acceptors (Lipinski definition) is 1. The summed E-state index contributed by atoms with van der Waals surface area (Å²) in [5.41, 5.74) is 2.89. The highest BCUT2D eigenvalue weighted by molar-refractivity contribution is 5.89. The summed E-state index contributed by atoms with van der Waals surface area (Å²) in [6, 6.07) is 18.6. The molecule has 1 saturated carbocycles. The maximum atomic E-state index is 13.8. The van der Waals surface area contributed by atoms with Gasteiger partial charge in [-0.2, -0.15) is 0 Å². The Bertz CT molecular complexity index is 1050. The van der Waals surface area contributed by atoms with Gasteiger partial charge >= 0.3 is 0 Å². The van der Waals surface area contributed by atoms with Crippen molar-refractivity contribution >= 4 is 16.8 Å². The molecular formula is C25H26FN2O. The van der Waals surface area contributed by atoms with Gasteiger partial charge in [0, 0.05) is 42.3 Å². The molecule has 0 N–H and O–H groups in total. The van der Waals surface area contributed by atoms with Gasteiger partial charge < -0.3 is 9.47 Å². The van der Waals surface area contributed by atoms with Crippen LogP contribution >= 0.6 is 0 Å². The number of benzene rings is 2. The molecule has 1 aromatic heterocycles. The van der Waals surface area contributed by atoms with Crippen molar-refractivity contribution in [3.63, 3.8) is 0 Å². The zero-order chi connectivity index (χ0) is 20.0. The van der Waals surface area contributed by atoms with E-state index in [-0.39, 0.29) is 17.8 Å². The molecule has 1 amide bonds. The largest absolute Gasteiger partial charge is 0.342 e. The van der Waals surface area contributed by atoms with Crippen molar-refractivity contribution in [3.05, 3.63) is 71.7 Å². The third-order valence-electron chi connectivity index (χ3n) is 7.04. The number of aryl methyl sites for hydroxylation is 1. The van der Waals surface area contributed by atoms with Gasteiger partial charge in [0.25, 0.3) is 0 Å². The lowest BCUT2D eigenvalue weighted by molar-refractivity contribution is -0.138. The minimum Gasteiger partial charge on any atom is -0.342 e. The summed E-state index contributed by atoms with van der Waals surface area (Å²) in [5, 5.41) is 1.15. The Morgan fingerprint density at radius 2 is 1.86 bits per heavy atom. The van der Waals surface area contributed by atoms with Gasteiger partial charge in [-0.05, 0) is 49.4 Å². The topological polar surface area (TPSA) is 25.2 Å². The summed E-state index contributed by atoms with van der Waals surface area (Å²) in [6.45, 7) is 0.807. The number of hydrogen-bond donors (Lipinski definition) is 0. The van der Waals surface area contributed by atoms with Crippen LogP contribution in [0.2, 0.25) is 0 Å². The molecule has 29 heavy (non-hydrogen) atoms. The number of nitrogens with zero attached hydrogens (tertiary/aromatic N) is 2. The Labute approximate surface area is 171 Å². The number of amides is 1. The van der Waals surface area contributed by atoms with Gasteiger partial charge in [0.2, 0.25) is 5.91 Å². The molecule has 1 aliphatic carbocycles. The van der Waals surface area contributed by atoms with E-state index in [1.54, 1.807) is 12.1 Å². The van der Waals surface area contributed by atoms with Gasteiger partial charge in [0.1, 0.15) is 5.82 Å². The van der Waals surface area contributed by atoms with Gasteiger partial charge in [-0.1, -0.05) is 43.2 Å². The average molecular weight is 389 g/mol. The zero-order valence-electron chi connectivity index (χ0n) is 16.8. The van der Waals surface area contributed by atoms with Crippen LogP contribution in [0, 0.1) is 11.9 Å². The van der Waals surface area contributed by atoms with Crippen LogP contribution in [0.1, 0.15) is 43.4 Å². The van der Waals surface area contributed by atoms with Gasteiger partial charge in [-0.25, -0.2) is 4.39 Å². The minimum atomic E-state index is -0.506. The smallest absolute Gasteiger partial charge is 0.233 e. The third kappa shape index (κ3) is 2.97. The van der Waals surface area contributed by atoms with Gasteiger partial charge in [0.15, 0.2) is 0 Å². The first-order valence-corrected chi connectivity index (χ1v) is 10.6. The fraction of sp³-hybridized carbons (Fsp3) is 0.400. The lowest BCUT2D eigenvalue weighted by Crippen LogP contribution is -2.50. The molecule has 0 unspecified atom stereocenters. The summed E-state index contributed by atoms with van der Waals surface area (Å²) in [4.78, 5) is 15.8. The van der Waals surface area contributed by atoms with E-state index in [2.05, 4.69) is 28.8 Å². The van der Waals surface area contributed by atoms with E-state index in [1.807, 2.05) is 18.0 Å². The van der Waals surface area contributed by atoms with Crippen molar-refractivity contribution in [2.45, 2.75) is 56.5 Å². The maximum Gasteiger partial charge on any atom is 0.233 e. The van der Waals surface area contributed by atoms with Crippen LogP contribution in [-0.4, -0.2) is 28.5 Å². The van der Waals surface area contributed by atoms with Gasteiger partial charge in [-0.3, -0.25) is 4.79 Å². The molecule has 1 aliphatic heterocycles. The molecule has 0 bridgehead atoms. The first-order chi connectivity index (χ1) is 14.1. The summed E-state index contributed by atoms with van der Waals surface area (Å²) in [7, 11) is 1.96. The number of fused-ring (bicyclic) bond motifs is 3. The Balaban J connectivity index is 1.44. The minimum absolute atomic E-state index is 0.164. The molecule has 3 nitrogen and oxygen atoms in total.